The molecule has 0 aromatic carbocycles. The molecule has 0 bridgehead atoms. The van der Waals surface area contributed by atoms with Crippen LogP contribution in [0.5, 0.6) is 0 Å². The lowest BCUT2D eigenvalue weighted by molar-refractivity contribution is -0.147. The van der Waals surface area contributed by atoms with Crippen LogP contribution in [0, 0.1) is 11.8 Å². The van der Waals surface area contributed by atoms with Gasteiger partial charge in [-0.05, 0) is 51.9 Å². The Morgan fingerprint density at radius 3 is 2.50 bits per heavy atom. The van der Waals surface area contributed by atoms with Crippen molar-refractivity contribution < 1.29 is 14.4 Å². The van der Waals surface area contributed by atoms with Gasteiger partial charge in [0.15, 0.2) is 0 Å². The van der Waals surface area contributed by atoms with Crippen molar-refractivity contribution in [2.45, 2.75) is 57.4 Å². The molecule has 0 saturated carbocycles. The number of imide groups is 1. The predicted molar refractivity (Wildman–Crippen MR) is 117 cm³/mol. The maximum Gasteiger partial charge on any atom is 0.254 e. The van der Waals surface area contributed by atoms with Gasteiger partial charge in [-0.1, -0.05) is 12.2 Å². The molecule has 0 N–H and O–H groups in total. The summed E-state index contributed by atoms with van der Waals surface area (Å²) in [5.74, 6) is 0.557. The summed E-state index contributed by atoms with van der Waals surface area (Å²) in [6, 6.07) is -0.150. The van der Waals surface area contributed by atoms with Crippen LogP contribution in [-0.2, 0) is 14.4 Å². The van der Waals surface area contributed by atoms with Gasteiger partial charge in [-0.2, -0.15) is 0 Å². The third kappa shape index (κ3) is 3.37. The first kappa shape index (κ1) is 20.2. The van der Waals surface area contributed by atoms with Crippen LogP contribution in [0.15, 0.2) is 22.0 Å². The highest BCUT2D eigenvalue weighted by molar-refractivity contribution is 8.04. The van der Waals surface area contributed by atoms with E-state index < -0.39 is 0 Å². The molecule has 28 heavy (non-hydrogen) atoms. The molecule has 2 saturated heterocycles. The first-order valence-corrected chi connectivity index (χ1v) is 12.0. The van der Waals surface area contributed by atoms with E-state index in [4.69, 9.17) is 12.2 Å². The van der Waals surface area contributed by atoms with Gasteiger partial charge in [0, 0.05) is 33.2 Å². The lowest BCUT2D eigenvalue weighted by atomic mass is 9.94. The van der Waals surface area contributed by atoms with Crippen LogP contribution in [0.2, 0.25) is 0 Å². The normalized spacial score (nSPS) is 31.2. The van der Waals surface area contributed by atoms with Gasteiger partial charge in [0.05, 0.1) is 11.8 Å². The van der Waals surface area contributed by atoms with E-state index in [0.717, 1.165) is 28.4 Å². The molecule has 3 amide bonds. The smallest absolute Gasteiger partial charge is 0.254 e. The monoisotopic (exact) mass is 436 g/mol. The second kappa shape index (κ2) is 7.61. The lowest BCUT2D eigenvalue weighted by Crippen LogP contribution is -2.48. The Labute approximate surface area is 179 Å². The molecule has 0 aliphatic carbocycles. The van der Waals surface area contributed by atoms with Crippen molar-refractivity contribution in [3.8, 4) is 0 Å². The van der Waals surface area contributed by atoms with E-state index in [9.17, 15) is 14.4 Å². The molecule has 8 heteroatoms. The van der Waals surface area contributed by atoms with Gasteiger partial charge in [-0.15, -0.1) is 23.5 Å². The van der Waals surface area contributed by atoms with Crippen molar-refractivity contribution in [1.82, 2.24) is 9.80 Å². The average Bonchev–Trinajstić information content (AvgIpc) is 3.21. The summed E-state index contributed by atoms with van der Waals surface area (Å²) in [5, 5.41) is 0.203. The molecular formula is C20H24N2O3S3. The first-order chi connectivity index (χ1) is 13.3. The minimum absolute atomic E-state index is 0.0198. The Hall–Kier alpha value is -1.12. The van der Waals surface area contributed by atoms with Gasteiger partial charge >= 0.3 is 0 Å². The summed E-state index contributed by atoms with van der Waals surface area (Å²) >= 11 is 8.88. The van der Waals surface area contributed by atoms with Crippen LogP contribution in [0.4, 0.5) is 0 Å². The van der Waals surface area contributed by atoms with Gasteiger partial charge < -0.3 is 0 Å². The summed E-state index contributed by atoms with van der Waals surface area (Å²) in [7, 11) is 0. The number of amides is 3. The van der Waals surface area contributed by atoms with E-state index >= 15 is 0 Å². The third-order valence-electron chi connectivity index (χ3n) is 5.80. The van der Waals surface area contributed by atoms with Crippen molar-refractivity contribution >= 4 is 58.5 Å². The van der Waals surface area contributed by atoms with Crippen molar-refractivity contribution in [3.63, 3.8) is 0 Å². The number of hydrogen-bond donors (Lipinski definition) is 0. The summed E-state index contributed by atoms with van der Waals surface area (Å²) in [6.45, 7) is 5.76. The lowest BCUT2D eigenvalue weighted by Gasteiger charge is -2.35. The number of fused-ring (bicyclic) bond motifs is 2. The number of carbonyl (C=O) groups is 3. The predicted octanol–water partition coefficient (Wildman–Crippen LogP) is 3.35. The highest BCUT2D eigenvalue weighted by atomic mass is 32.2. The van der Waals surface area contributed by atoms with Crippen LogP contribution in [0.25, 0.3) is 0 Å². The second-order valence-corrected chi connectivity index (χ2v) is 11.0. The molecule has 4 heterocycles. The molecule has 4 unspecified atom stereocenters. The minimum atomic E-state index is -0.218. The topological polar surface area (TPSA) is 57.7 Å². The van der Waals surface area contributed by atoms with Gasteiger partial charge in [0.2, 0.25) is 11.8 Å². The summed E-state index contributed by atoms with van der Waals surface area (Å²) in [6.07, 6.45) is 5.98. The van der Waals surface area contributed by atoms with Crippen LogP contribution >= 0.6 is 35.7 Å². The van der Waals surface area contributed by atoms with Gasteiger partial charge in [-0.25, -0.2) is 0 Å². The highest BCUT2D eigenvalue weighted by Gasteiger charge is 2.45. The molecule has 0 radical (unpaired) electrons. The first-order valence-electron chi connectivity index (χ1n) is 9.74. The Morgan fingerprint density at radius 2 is 1.79 bits per heavy atom. The van der Waals surface area contributed by atoms with E-state index in [1.165, 1.54) is 4.90 Å². The SMILES string of the molecule is CC(C)N1C(=O)C=C2SC(CC(C)N3C(=O)C4CCSC4=CC3=S)CC2C1=O. The summed E-state index contributed by atoms with van der Waals surface area (Å²) in [4.78, 5) is 43.8. The van der Waals surface area contributed by atoms with Crippen molar-refractivity contribution in [3.05, 3.63) is 22.0 Å². The van der Waals surface area contributed by atoms with Gasteiger partial charge in [-0.3, -0.25) is 24.2 Å². The summed E-state index contributed by atoms with van der Waals surface area (Å²) < 4.78 is 0. The maximum absolute atomic E-state index is 13.0. The highest BCUT2D eigenvalue weighted by Crippen LogP contribution is 2.47. The zero-order chi connectivity index (χ0) is 20.2. The zero-order valence-electron chi connectivity index (χ0n) is 16.2. The summed E-state index contributed by atoms with van der Waals surface area (Å²) in [5.41, 5.74) is 0. The number of thiocarbonyl (C=S) groups is 1. The Bertz CT molecular complexity index is 820. The number of nitrogens with zero attached hydrogens (tertiary/aromatic N) is 2. The number of rotatable bonds is 4. The largest absolute Gasteiger partial charge is 0.300 e. The fourth-order valence-corrected chi connectivity index (χ4v) is 7.75. The van der Waals surface area contributed by atoms with E-state index in [1.807, 2.05) is 26.8 Å². The van der Waals surface area contributed by atoms with Gasteiger partial charge in [0.25, 0.3) is 5.91 Å². The van der Waals surface area contributed by atoms with Crippen LogP contribution in [-0.4, -0.2) is 55.6 Å². The average molecular weight is 437 g/mol. The molecule has 4 aliphatic heterocycles. The quantitative estimate of drug-likeness (QED) is 0.498. The van der Waals surface area contributed by atoms with Crippen molar-refractivity contribution in [1.29, 1.82) is 0 Å². The fraction of sp³-hybridized carbons (Fsp3) is 0.600. The molecule has 150 valence electrons. The molecule has 0 spiro atoms. The number of carbonyl (C=O) groups excluding carboxylic acids is 3. The van der Waals surface area contributed by atoms with E-state index in [0.29, 0.717) is 11.4 Å². The van der Waals surface area contributed by atoms with Crippen LogP contribution < -0.4 is 0 Å². The third-order valence-corrected chi connectivity index (χ3v) is 8.68. The van der Waals surface area contributed by atoms with Gasteiger partial charge in [0.1, 0.15) is 4.99 Å². The molecule has 5 nitrogen and oxygen atoms in total. The molecule has 4 rings (SSSR count). The van der Waals surface area contributed by atoms with Crippen LogP contribution in [0.3, 0.4) is 0 Å². The maximum atomic E-state index is 13.0. The standard InChI is InChI=1S/C20H24N2O3S3/c1-10(2)21-17(23)8-16-14(20(21)25)7-12(28-16)6-11(3)22-18(26)9-15-13(19(22)24)4-5-27-15/h8-14H,4-7H2,1-3H3. The van der Waals surface area contributed by atoms with E-state index in [2.05, 4.69) is 0 Å². The van der Waals surface area contributed by atoms with Crippen molar-refractivity contribution in [2.24, 2.45) is 11.8 Å². The molecule has 2 fully saturated rings. The molecule has 0 aromatic heterocycles. The van der Waals surface area contributed by atoms with Crippen molar-refractivity contribution in [2.75, 3.05) is 5.75 Å². The molecule has 4 aliphatic rings. The zero-order valence-corrected chi connectivity index (χ0v) is 18.7. The Morgan fingerprint density at radius 1 is 1.07 bits per heavy atom. The molecular weight excluding hydrogens is 412 g/mol. The van der Waals surface area contributed by atoms with E-state index in [-0.39, 0.29) is 46.9 Å². The molecule has 4 atom stereocenters. The minimum Gasteiger partial charge on any atom is -0.300 e. The fourth-order valence-electron chi connectivity index (χ4n) is 4.49. The Kier molecular flexibility index (Phi) is 5.48. The molecule has 0 aromatic rings. The number of hydrogen-bond acceptors (Lipinski definition) is 6. The Balaban J connectivity index is 1.46. The van der Waals surface area contributed by atoms with Crippen LogP contribution in [0.1, 0.15) is 40.0 Å². The number of thioether (sulfide) groups is 2. The second-order valence-electron chi connectivity index (χ2n) is 8.08. The van der Waals surface area contributed by atoms with E-state index in [1.54, 1.807) is 34.5 Å².